The number of aryl methyl sites for hydroxylation is 1. The van der Waals surface area contributed by atoms with Crippen LogP contribution in [0, 0.1) is 13.8 Å². The number of carbonyl (C=O) groups is 1. The summed E-state index contributed by atoms with van der Waals surface area (Å²) in [6.07, 6.45) is 2.02. The molecule has 6 nitrogen and oxygen atoms in total. The van der Waals surface area contributed by atoms with E-state index >= 15 is 0 Å². The zero-order valence-electron chi connectivity index (χ0n) is 17.4. The molecule has 4 rings (SSSR count). The van der Waals surface area contributed by atoms with E-state index in [9.17, 15) is 4.79 Å². The first-order valence-corrected chi connectivity index (χ1v) is 10.2. The van der Waals surface area contributed by atoms with Gasteiger partial charge in [-0.2, -0.15) is 0 Å². The normalized spacial score (nSPS) is 14.2. The smallest absolute Gasteiger partial charge is 0.274 e. The van der Waals surface area contributed by atoms with Crippen LogP contribution >= 0.6 is 12.4 Å². The van der Waals surface area contributed by atoms with Gasteiger partial charge >= 0.3 is 0 Å². The molecule has 1 fully saturated rings. The number of nitrogens with one attached hydrogen (secondary N) is 2. The van der Waals surface area contributed by atoms with E-state index in [2.05, 4.69) is 64.3 Å². The average Bonchev–Trinajstić information content (AvgIpc) is 3.14. The molecule has 0 saturated carbocycles. The number of rotatable bonds is 5. The fourth-order valence-electron chi connectivity index (χ4n) is 3.90. The van der Waals surface area contributed by atoms with Crippen LogP contribution in [0.15, 0.2) is 48.5 Å². The summed E-state index contributed by atoms with van der Waals surface area (Å²) in [5, 5.41) is 14.8. The van der Waals surface area contributed by atoms with Crippen LogP contribution in [0.25, 0.3) is 11.1 Å². The van der Waals surface area contributed by atoms with Crippen LogP contribution in [0.5, 0.6) is 0 Å². The first kappa shape index (κ1) is 22.0. The number of benzene rings is 2. The molecule has 0 spiro atoms. The second kappa shape index (κ2) is 9.87. The lowest BCUT2D eigenvalue weighted by Crippen LogP contribution is -2.30. The summed E-state index contributed by atoms with van der Waals surface area (Å²) in [5.74, 6) is -0.177. The number of piperidine rings is 1. The molecule has 0 radical (unpaired) electrons. The van der Waals surface area contributed by atoms with Crippen molar-refractivity contribution in [1.29, 1.82) is 0 Å². The molecule has 0 bridgehead atoms. The number of aromatic nitrogens is 3. The van der Waals surface area contributed by atoms with Gasteiger partial charge in [0.2, 0.25) is 0 Å². The molecule has 1 saturated heterocycles. The topological polar surface area (TPSA) is 71.8 Å². The minimum atomic E-state index is -0.177. The molecule has 0 unspecified atom stereocenters. The van der Waals surface area contributed by atoms with E-state index in [4.69, 9.17) is 0 Å². The zero-order valence-corrected chi connectivity index (χ0v) is 18.2. The minimum Gasteiger partial charge on any atom is -0.347 e. The summed E-state index contributed by atoms with van der Waals surface area (Å²) in [7, 11) is 0. The molecule has 30 heavy (non-hydrogen) atoms. The lowest BCUT2D eigenvalue weighted by atomic mass is 10.0. The summed E-state index contributed by atoms with van der Waals surface area (Å²) in [4.78, 5) is 12.7. The van der Waals surface area contributed by atoms with Gasteiger partial charge in [-0.15, -0.1) is 17.5 Å². The molecule has 1 aliphatic rings. The highest BCUT2D eigenvalue weighted by Gasteiger charge is 2.22. The quantitative estimate of drug-likeness (QED) is 0.651. The van der Waals surface area contributed by atoms with Crippen molar-refractivity contribution in [1.82, 2.24) is 25.6 Å². The molecular weight excluding hydrogens is 398 g/mol. The molecule has 3 aromatic rings. The predicted octanol–water partition coefficient (Wildman–Crippen LogP) is 3.84. The van der Waals surface area contributed by atoms with Gasteiger partial charge < -0.3 is 10.6 Å². The Labute approximate surface area is 183 Å². The molecule has 0 atom stereocenters. The van der Waals surface area contributed by atoms with E-state index < -0.39 is 0 Å². The maximum Gasteiger partial charge on any atom is 0.274 e. The Balaban J connectivity index is 0.00000256. The van der Waals surface area contributed by atoms with Crippen molar-refractivity contribution in [3.63, 3.8) is 0 Å². The average molecular weight is 426 g/mol. The van der Waals surface area contributed by atoms with Crippen LogP contribution in [0.4, 0.5) is 0 Å². The number of hydrogen-bond donors (Lipinski definition) is 2. The third-order valence-corrected chi connectivity index (χ3v) is 5.53. The van der Waals surface area contributed by atoms with E-state index in [-0.39, 0.29) is 18.3 Å². The van der Waals surface area contributed by atoms with Gasteiger partial charge in [0.25, 0.3) is 5.91 Å². The number of amides is 1. The van der Waals surface area contributed by atoms with Crippen LogP contribution in [-0.4, -0.2) is 34.0 Å². The van der Waals surface area contributed by atoms with E-state index in [1.165, 1.54) is 11.1 Å². The second-order valence-electron chi connectivity index (χ2n) is 7.70. The van der Waals surface area contributed by atoms with Gasteiger partial charge in [0.05, 0.1) is 11.7 Å². The third kappa shape index (κ3) is 4.89. The van der Waals surface area contributed by atoms with E-state index in [1.54, 1.807) is 0 Å². The summed E-state index contributed by atoms with van der Waals surface area (Å²) >= 11 is 0. The Hall–Kier alpha value is -2.70. The van der Waals surface area contributed by atoms with E-state index in [0.717, 1.165) is 42.8 Å². The van der Waals surface area contributed by atoms with Crippen molar-refractivity contribution in [3.05, 3.63) is 71.0 Å². The SMILES string of the molecule is Cc1cccc(-c2cccc(CNC(=O)c3nnn(C4CCNCC4)c3C)c2)c1.Cl. The Morgan fingerprint density at radius 1 is 1.10 bits per heavy atom. The molecule has 1 aromatic heterocycles. The highest BCUT2D eigenvalue weighted by molar-refractivity contribution is 5.93. The standard InChI is InChI=1S/C23H27N5O.ClH/c1-16-5-3-7-19(13-16)20-8-4-6-18(14-20)15-25-23(29)22-17(2)28(27-26-22)21-9-11-24-12-10-21;/h3-8,13-14,21,24H,9-12,15H2,1-2H3,(H,25,29);1H. The molecule has 7 heteroatoms. The first-order valence-electron chi connectivity index (χ1n) is 10.2. The highest BCUT2D eigenvalue weighted by Crippen LogP contribution is 2.22. The van der Waals surface area contributed by atoms with Crippen LogP contribution in [0.3, 0.4) is 0 Å². The van der Waals surface area contributed by atoms with Gasteiger partial charge in [-0.3, -0.25) is 4.79 Å². The van der Waals surface area contributed by atoms with Crippen molar-refractivity contribution < 1.29 is 4.79 Å². The van der Waals surface area contributed by atoms with Crippen molar-refractivity contribution in [3.8, 4) is 11.1 Å². The van der Waals surface area contributed by atoms with Gasteiger partial charge in [-0.25, -0.2) is 4.68 Å². The van der Waals surface area contributed by atoms with Crippen molar-refractivity contribution >= 4 is 18.3 Å². The lowest BCUT2D eigenvalue weighted by molar-refractivity contribution is 0.0945. The second-order valence-corrected chi connectivity index (χ2v) is 7.70. The number of halogens is 1. The van der Waals surface area contributed by atoms with Crippen molar-refractivity contribution in [2.24, 2.45) is 0 Å². The van der Waals surface area contributed by atoms with Gasteiger partial charge in [0, 0.05) is 6.54 Å². The summed E-state index contributed by atoms with van der Waals surface area (Å²) < 4.78 is 1.91. The Kier molecular flexibility index (Phi) is 7.24. The summed E-state index contributed by atoms with van der Waals surface area (Å²) in [6, 6.07) is 17.0. The summed E-state index contributed by atoms with van der Waals surface area (Å²) in [6.45, 7) is 6.42. The van der Waals surface area contributed by atoms with Gasteiger partial charge in [0.1, 0.15) is 0 Å². The molecule has 2 N–H and O–H groups in total. The van der Waals surface area contributed by atoms with Gasteiger partial charge in [-0.05, 0) is 62.5 Å². The van der Waals surface area contributed by atoms with Gasteiger partial charge in [0.15, 0.2) is 5.69 Å². The number of carbonyl (C=O) groups excluding carboxylic acids is 1. The third-order valence-electron chi connectivity index (χ3n) is 5.53. The van der Waals surface area contributed by atoms with Crippen molar-refractivity contribution in [2.45, 2.75) is 39.3 Å². The summed E-state index contributed by atoms with van der Waals surface area (Å²) in [5.41, 5.74) is 5.86. The molecule has 1 aliphatic heterocycles. The number of nitrogens with zero attached hydrogens (tertiary/aromatic N) is 3. The predicted molar refractivity (Wildman–Crippen MR) is 121 cm³/mol. The molecule has 0 aliphatic carbocycles. The molecule has 2 heterocycles. The van der Waals surface area contributed by atoms with Crippen LogP contribution < -0.4 is 10.6 Å². The zero-order chi connectivity index (χ0) is 20.2. The maximum atomic E-state index is 12.7. The van der Waals surface area contributed by atoms with Crippen LogP contribution in [-0.2, 0) is 6.54 Å². The Bertz CT molecular complexity index is 1010. The largest absolute Gasteiger partial charge is 0.347 e. The lowest BCUT2D eigenvalue weighted by Gasteiger charge is -2.23. The fourth-order valence-corrected chi connectivity index (χ4v) is 3.90. The first-order chi connectivity index (χ1) is 14.1. The molecule has 2 aromatic carbocycles. The highest BCUT2D eigenvalue weighted by atomic mass is 35.5. The molecule has 1 amide bonds. The van der Waals surface area contributed by atoms with Gasteiger partial charge in [-0.1, -0.05) is 53.2 Å². The molecular formula is C23H28ClN5O. The maximum absolute atomic E-state index is 12.7. The monoisotopic (exact) mass is 425 g/mol. The van der Waals surface area contributed by atoms with Crippen LogP contribution in [0.1, 0.15) is 46.2 Å². The fraction of sp³-hybridized carbons (Fsp3) is 0.348. The van der Waals surface area contributed by atoms with E-state index in [0.29, 0.717) is 18.3 Å². The van der Waals surface area contributed by atoms with E-state index in [1.807, 2.05) is 23.7 Å². The Morgan fingerprint density at radius 2 is 1.80 bits per heavy atom. The minimum absolute atomic E-state index is 0. The van der Waals surface area contributed by atoms with Crippen molar-refractivity contribution in [2.75, 3.05) is 13.1 Å². The number of hydrogen-bond acceptors (Lipinski definition) is 4. The Morgan fingerprint density at radius 3 is 2.53 bits per heavy atom. The van der Waals surface area contributed by atoms with Crippen LogP contribution in [0.2, 0.25) is 0 Å². The molecule has 158 valence electrons.